The van der Waals surface area contributed by atoms with Crippen molar-refractivity contribution in [3.63, 3.8) is 0 Å². The van der Waals surface area contributed by atoms with Crippen molar-refractivity contribution in [2.24, 2.45) is 57.4 Å². The predicted octanol–water partition coefficient (Wildman–Crippen LogP) is 7.94. The van der Waals surface area contributed by atoms with Crippen molar-refractivity contribution in [2.45, 2.75) is 112 Å². The quantitative estimate of drug-likeness (QED) is 0.368. The molecule has 0 spiro atoms. The van der Waals surface area contributed by atoms with E-state index in [4.69, 9.17) is 0 Å². The van der Waals surface area contributed by atoms with E-state index < -0.39 is 0 Å². The van der Waals surface area contributed by atoms with Gasteiger partial charge in [-0.05, 0) is 110 Å². The van der Waals surface area contributed by atoms with E-state index in [1.54, 1.807) is 0 Å². The summed E-state index contributed by atoms with van der Waals surface area (Å²) in [6.07, 6.45) is 16.4. The fourth-order valence-corrected chi connectivity index (χ4v) is 9.18. The molecule has 2 nitrogen and oxygen atoms in total. The fourth-order valence-electron chi connectivity index (χ4n) is 9.18. The van der Waals surface area contributed by atoms with Gasteiger partial charge in [0, 0.05) is 0 Å². The van der Waals surface area contributed by atoms with Crippen LogP contribution in [-0.4, -0.2) is 10.9 Å². The van der Waals surface area contributed by atoms with E-state index in [-0.39, 0.29) is 0 Å². The number of oxime groups is 1. The Labute approximate surface area is 180 Å². The van der Waals surface area contributed by atoms with E-state index in [9.17, 15) is 5.21 Å². The van der Waals surface area contributed by atoms with Gasteiger partial charge in [-0.1, -0.05) is 59.0 Å². The molecule has 4 fully saturated rings. The summed E-state index contributed by atoms with van der Waals surface area (Å²) in [7, 11) is 0. The molecule has 0 bridgehead atoms. The third-order valence-electron chi connectivity index (χ3n) is 10.8. The van der Waals surface area contributed by atoms with E-state index in [1.807, 2.05) is 0 Å². The Morgan fingerprint density at radius 1 is 0.931 bits per heavy atom. The van der Waals surface area contributed by atoms with Crippen LogP contribution in [0.3, 0.4) is 0 Å². The molecule has 4 saturated carbocycles. The lowest BCUT2D eigenvalue weighted by atomic mass is 9.44. The summed E-state index contributed by atoms with van der Waals surface area (Å²) in [5.41, 5.74) is 2.18. The van der Waals surface area contributed by atoms with Gasteiger partial charge in [-0.2, -0.15) is 0 Å². The maximum Gasteiger partial charge on any atom is 0.0574 e. The third kappa shape index (κ3) is 3.69. The topological polar surface area (TPSA) is 32.6 Å². The molecule has 0 radical (unpaired) electrons. The normalized spacial score (nSPS) is 47.0. The SMILES string of the molecule is CC(C)CCC[C@H](C)[C@H]1CC[C@H]2[C@@H]3CC[C@H]4C/C(=N/O)CC[C@]4(C)[C@H]3CC[C@]12C. The van der Waals surface area contributed by atoms with E-state index in [0.717, 1.165) is 60.0 Å². The van der Waals surface area contributed by atoms with Crippen LogP contribution < -0.4 is 0 Å². The molecule has 0 unspecified atom stereocenters. The maximum atomic E-state index is 9.32. The van der Waals surface area contributed by atoms with Gasteiger partial charge in [0.25, 0.3) is 0 Å². The van der Waals surface area contributed by atoms with Crippen molar-refractivity contribution in [3.05, 3.63) is 0 Å². The summed E-state index contributed by atoms with van der Waals surface area (Å²) in [5.74, 6) is 6.36. The average Bonchev–Trinajstić information content (AvgIpc) is 3.04. The Bertz CT molecular complexity index is 612. The van der Waals surface area contributed by atoms with Crippen LogP contribution in [0, 0.1) is 52.3 Å². The third-order valence-corrected chi connectivity index (χ3v) is 10.8. The highest BCUT2D eigenvalue weighted by atomic mass is 16.4. The first kappa shape index (κ1) is 21.7. The van der Waals surface area contributed by atoms with Crippen LogP contribution in [0.15, 0.2) is 5.16 Å². The summed E-state index contributed by atoms with van der Waals surface area (Å²) in [6, 6.07) is 0. The highest BCUT2D eigenvalue weighted by Crippen LogP contribution is 2.68. The van der Waals surface area contributed by atoms with Crippen molar-refractivity contribution in [2.75, 3.05) is 0 Å². The highest BCUT2D eigenvalue weighted by Gasteiger charge is 2.60. The van der Waals surface area contributed by atoms with Crippen LogP contribution in [0.1, 0.15) is 112 Å². The second-order valence-electron chi connectivity index (χ2n) is 12.6. The van der Waals surface area contributed by atoms with E-state index >= 15 is 0 Å². The first-order valence-corrected chi connectivity index (χ1v) is 13.0. The molecular weight excluding hydrogens is 354 g/mol. The van der Waals surface area contributed by atoms with Crippen molar-refractivity contribution in [1.29, 1.82) is 0 Å². The molecule has 8 atom stereocenters. The van der Waals surface area contributed by atoms with Crippen LogP contribution >= 0.6 is 0 Å². The van der Waals surface area contributed by atoms with Crippen molar-refractivity contribution < 1.29 is 5.21 Å². The smallest absolute Gasteiger partial charge is 0.0574 e. The monoisotopic (exact) mass is 401 g/mol. The second kappa shape index (κ2) is 8.19. The van der Waals surface area contributed by atoms with Gasteiger partial charge in [0.1, 0.15) is 0 Å². The first-order chi connectivity index (χ1) is 13.8. The second-order valence-corrected chi connectivity index (χ2v) is 12.6. The van der Waals surface area contributed by atoms with Crippen LogP contribution in [-0.2, 0) is 0 Å². The standard InChI is InChI=1S/C27H47NO/c1-18(2)7-6-8-19(3)23-11-12-24-22-10-9-20-17-21(28-29)13-15-26(20,4)25(22)14-16-27(23,24)5/h18-20,22-25,29H,6-17H2,1-5H3/b28-21+/t19-,20-,22-,23+,24-,25-,26-,27+/m0/s1. The molecule has 0 heterocycles. The molecule has 0 saturated heterocycles. The number of rotatable bonds is 5. The predicted molar refractivity (Wildman–Crippen MR) is 122 cm³/mol. The lowest BCUT2D eigenvalue weighted by Crippen LogP contribution is -2.53. The van der Waals surface area contributed by atoms with E-state index in [1.165, 1.54) is 64.2 Å². The Kier molecular flexibility index (Phi) is 6.13. The van der Waals surface area contributed by atoms with Crippen molar-refractivity contribution in [3.8, 4) is 0 Å². The van der Waals surface area contributed by atoms with Crippen LogP contribution in [0.2, 0.25) is 0 Å². The van der Waals surface area contributed by atoms with E-state index in [0.29, 0.717) is 10.8 Å². The minimum absolute atomic E-state index is 0.499. The molecule has 0 aromatic rings. The first-order valence-electron chi connectivity index (χ1n) is 13.0. The average molecular weight is 402 g/mol. The molecular formula is C27H47NO. The van der Waals surface area contributed by atoms with Gasteiger partial charge in [-0.3, -0.25) is 0 Å². The Balaban J connectivity index is 1.46. The minimum atomic E-state index is 0.499. The van der Waals surface area contributed by atoms with Gasteiger partial charge in [-0.15, -0.1) is 0 Å². The molecule has 166 valence electrons. The van der Waals surface area contributed by atoms with Crippen LogP contribution in [0.4, 0.5) is 0 Å². The summed E-state index contributed by atoms with van der Waals surface area (Å²) in [6.45, 7) is 12.6. The zero-order valence-corrected chi connectivity index (χ0v) is 19.9. The van der Waals surface area contributed by atoms with Gasteiger partial charge < -0.3 is 5.21 Å². The summed E-state index contributed by atoms with van der Waals surface area (Å²) in [5, 5.41) is 12.9. The molecule has 0 aliphatic heterocycles. The zero-order valence-electron chi connectivity index (χ0n) is 19.9. The van der Waals surface area contributed by atoms with Gasteiger partial charge in [0.15, 0.2) is 0 Å². The number of hydrogen-bond acceptors (Lipinski definition) is 2. The largest absolute Gasteiger partial charge is 0.411 e. The molecule has 1 N–H and O–H groups in total. The van der Waals surface area contributed by atoms with Crippen molar-refractivity contribution in [1.82, 2.24) is 0 Å². The minimum Gasteiger partial charge on any atom is -0.411 e. The van der Waals surface area contributed by atoms with Crippen molar-refractivity contribution >= 4 is 5.71 Å². The molecule has 4 aliphatic rings. The molecule has 29 heavy (non-hydrogen) atoms. The van der Waals surface area contributed by atoms with Gasteiger partial charge >= 0.3 is 0 Å². The summed E-state index contributed by atoms with van der Waals surface area (Å²) >= 11 is 0. The Morgan fingerprint density at radius 3 is 2.41 bits per heavy atom. The van der Waals surface area contributed by atoms with Gasteiger partial charge in [-0.25, -0.2) is 0 Å². The number of fused-ring (bicyclic) bond motifs is 5. The summed E-state index contributed by atoms with van der Waals surface area (Å²) < 4.78 is 0. The Hall–Kier alpha value is -0.530. The number of hydrogen-bond donors (Lipinski definition) is 1. The zero-order chi connectivity index (χ0) is 20.8. The molecule has 0 amide bonds. The fraction of sp³-hybridized carbons (Fsp3) is 0.963. The lowest BCUT2D eigenvalue weighted by Gasteiger charge is -2.60. The summed E-state index contributed by atoms with van der Waals surface area (Å²) in [4.78, 5) is 0. The van der Waals surface area contributed by atoms with Crippen LogP contribution in [0.25, 0.3) is 0 Å². The molecule has 0 aromatic carbocycles. The van der Waals surface area contributed by atoms with E-state index in [2.05, 4.69) is 39.8 Å². The lowest BCUT2D eigenvalue weighted by molar-refractivity contribution is -0.105. The van der Waals surface area contributed by atoms with Crippen LogP contribution in [0.5, 0.6) is 0 Å². The maximum absolute atomic E-state index is 9.32. The number of nitrogens with zero attached hydrogens (tertiary/aromatic N) is 1. The molecule has 4 aliphatic carbocycles. The molecule has 4 rings (SSSR count). The van der Waals surface area contributed by atoms with Gasteiger partial charge in [0.05, 0.1) is 5.71 Å². The highest BCUT2D eigenvalue weighted by molar-refractivity contribution is 5.85. The Morgan fingerprint density at radius 2 is 1.69 bits per heavy atom. The molecule has 2 heteroatoms. The van der Waals surface area contributed by atoms with Gasteiger partial charge in [0.2, 0.25) is 0 Å². The molecule has 0 aromatic heterocycles.